The average molecular weight is 254 g/mol. The summed E-state index contributed by atoms with van der Waals surface area (Å²) in [7, 11) is 0. The second-order valence-electron chi connectivity index (χ2n) is 3.76. The maximum atomic E-state index is 11.8. The van der Waals surface area contributed by atoms with Crippen molar-refractivity contribution in [1.82, 2.24) is 0 Å². The molecule has 0 rings (SSSR count). The van der Waals surface area contributed by atoms with Gasteiger partial charge >= 0.3 is 5.51 Å². The van der Waals surface area contributed by atoms with Crippen molar-refractivity contribution in [3.63, 3.8) is 0 Å². The molecule has 0 spiro atoms. The van der Waals surface area contributed by atoms with E-state index < -0.39 is 5.51 Å². The molecule has 0 unspecified atom stereocenters. The average Bonchev–Trinajstić information content (AvgIpc) is 2.19. The van der Waals surface area contributed by atoms with Gasteiger partial charge in [-0.05, 0) is 25.7 Å². The number of rotatable bonds is 9. The van der Waals surface area contributed by atoms with Crippen molar-refractivity contribution >= 4 is 11.8 Å². The molecule has 0 N–H and O–H groups in total. The Hall–Kier alpha value is -0.120. The van der Waals surface area contributed by atoms with Crippen molar-refractivity contribution in [2.75, 3.05) is 5.75 Å². The Labute approximate surface area is 101 Å². The van der Waals surface area contributed by atoms with E-state index in [1.165, 1.54) is 12.8 Å². The minimum absolute atomic E-state index is 0.0904. The molecule has 0 aromatic heterocycles. The zero-order valence-electron chi connectivity index (χ0n) is 9.85. The number of hydrogen-bond donors (Lipinski definition) is 0. The minimum atomic E-state index is -4.06. The maximum absolute atomic E-state index is 11.8. The van der Waals surface area contributed by atoms with E-state index in [4.69, 9.17) is 0 Å². The first-order valence-corrected chi connectivity index (χ1v) is 6.90. The van der Waals surface area contributed by atoms with E-state index in [0.717, 1.165) is 25.7 Å². The lowest BCUT2D eigenvalue weighted by Gasteiger charge is -2.04. The molecule has 0 radical (unpaired) electrons. The Balaban J connectivity index is 3.13. The van der Waals surface area contributed by atoms with Crippen LogP contribution >= 0.6 is 11.8 Å². The van der Waals surface area contributed by atoms with Gasteiger partial charge in [0, 0.05) is 5.75 Å². The Morgan fingerprint density at radius 2 is 1.56 bits per heavy atom. The number of unbranched alkanes of at least 4 members (excludes halogenated alkanes) is 5. The zero-order chi connectivity index (χ0) is 12.3. The first kappa shape index (κ1) is 15.9. The van der Waals surface area contributed by atoms with Crippen LogP contribution in [0.3, 0.4) is 0 Å². The fraction of sp³-hybridized carbons (Fsp3) is 0.833. The van der Waals surface area contributed by atoms with Gasteiger partial charge < -0.3 is 0 Å². The standard InChI is InChI=1S/C12H21F3S/c1-2-3-4-5-6-7-8-9-10-11-16-12(13,14)15/h5-6H,2-4,7-11H2,1H3. The number of alkyl halides is 3. The van der Waals surface area contributed by atoms with Crippen LogP contribution in [0.15, 0.2) is 12.2 Å². The van der Waals surface area contributed by atoms with Crippen molar-refractivity contribution in [3.8, 4) is 0 Å². The molecular formula is C12H21F3S. The summed E-state index contributed by atoms with van der Waals surface area (Å²) in [6, 6.07) is 0. The van der Waals surface area contributed by atoms with Crippen molar-refractivity contribution in [2.24, 2.45) is 0 Å². The molecule has 0 aliphatic carbocycles. The summed E-state index contributed by atoms with van der Waals surface area (Å²) in [6.45, 7) is 2.16. The predicted octanol–water partition coefficient (Wildman–Crippen LogP) is 5.55. The lowest BCUT2D eigenvalue weighted by molar-refractivity contribution is -0.0328. The van der Waals surface area contributed by atoms with Crippen LogP contribution in [0, 0.1) is 0 Å². The topological polar surface area (TPSA) is 0 Å². The van der Waals surface area contributed by atoms with E-state index in [1.807, 2.05) is 0 Å². The Morgan fingerprint density at radius 3 is 2.12 bits per heavy atom. The van der Waals surface area contributed by atoms with Gasteiger partial charge in [-0.15, -0.1) is 0 Å². The third-order valence-electron chi connectivity index (χ3n) is 2.17. The van der Waals surface area contributed by atoms with Crippen molar-refractivity contribution < 1.29 is 13.2 Å². The monoisotopic (exact) mass is 254 g/mol. The largest absolute Gasteiger partial charge is 0.441 e. The third-order valence-corrected chi connectivity index (χ3v) is 2.99. The zero-order valence-corrected chi connectivity index (χ0v) is 10.7. The van der Waals surface area contributed by atoms with Crippen molar-refractivity contribution in [1.29, 1.82) is 0 Å². The SMILES string of the molecule is CCCCC=CCCCCCSC(F)(F)F. The van der Waals surface area contributed by atoms with Crippen LogP contribution in [0.25, 0.3) is 0 Å². The summed E-state index contributed by atoms with van der Waals surface area (Å²) in [4.78, 5) is 0. The molecule has 0 heterocycles. The molecule has 0 aromatic rings. The van der Waals surface area contributed by atoms with Gasteiger partial charge in [0.2, 0.25) is 0 Å². The van der Waals surface area contributed by atoms with Gasteiger partial charge in [-0.3, -0.25) is 0 Å². The molecular weight excluding hydrogens is 233 g/mol. The van der Waals surface area contributed by atoms with E-state index in [0.29, 0.717) is 6.42 Å². The van der Waals surface area contributed by atoms with E-state index in [-0.39, 0.29) is 17.5 Å². The first-order chi connectivity index (χ1) is 7.56. The lowest BCUT2D eigenvalue weighted by Crippen LogP contribution is -2.01. The molecule has 0 atom stereocenters. The highest BCUT2D eigenvalue weighted by atomic mass is 32.2. The highest BCUT2D eigenvalue weighted by Crippen LogP contribution is 2.30. The molecule has 0 aliphatic heterocycles. The van der Waals surface area contributed by atoms with Gasteiger partial charge in [0.25, 0.3) is 0 Å². The van der Waals surface area contributed by atoms with Crippen LogP contribution in [-0.4, -0.2) is 11.3 Å². The summed E-state index contributed by atoms with van der Waals surface area (Å²) >= 11 is 0.0904. The summed E-state index contributed by atoms with van der Waals surface area (Å²) in [5, 5.41) is 0. The van der Waals surface area contributed by atoms with Crippen molar-refractivity contribution in [2.45, 2.75) is 57.4 Å². The van der Waals surface area contributed by atoms with E-state index in [1.54, 1.807) is 0 Å². The van der Waals surface area contributed by atoms with Crippen LogP contribution in [-0.2, 0) is 0 Å². The van der Waals surface area contributed by atoms with E-state index in [2.05, 4.69) is 19.1 Å². The number of halogens is 3. The van der Waals surface area contributed by atoms with Gasteiger partial charge in [-0.25, -0.2) is 0 Å². The Kier molecular flexibility index (Phi) is 9.99. The summed E-state index contributed by atoms with van der Waals surface area (Å²) in [5.74, 6) is 0.197. The number of thioether (sulfide) groups is 1. The Bertz CT molecular complexity index is 176. The first-order valence-electron chi connectivity index (χ1n) is 5.92. The van der Waals surface area contributed by atoms with Gasteiger partial charge in [0.1, 0.15) is 0 Å². The molecule has 96 valence electrons. The normalized spacial score (nSPS) is 12.5. The molecule has 0 aromatic carbocycles. The Morgan fingerprint density at radius 1 is 0.938 bits per heavy atom. The van der Waals surface area contributed by atoms with Crippen LogP contribution in [0.4, 0.5) is 13.2 Å². The molecule has 0 saturated heterocycles. The fourth-order valence-electron chi connectivity index (χ4n) is 1.29. The van der Waals surface area contributed by atoms with Crippen LogP contribution in [0.2, 0.25) is 0 Å². The molecule has 0 fully saturated rings. The summed E-state index contributed by atoms with van der Waals surface area (Å²) in [6.07, 6.45) is 11.4. The third kappa shape index (κ3) is 13.9. The highest BCUT2D eigenvalue weighted by Gasteiger charge is 2.27. The summed E-state index contributed by atoms with van der Waals surface area (Å²) < 4.78 is 35.3. The number of hydrogen-bond acceptors (Lipinski definition) is 1. The second kappa shape index (κ2) is 10.1. The van der Waals surface area contributed by atoms with Gasteiger partial charge in [-0.2, -0.15) is 13.2 Å². The van der Waals surface area contributed by atoms with Crippen molar-refractivity contribution in [3.05, 3.63) is 12.2 Å². The van der Waals surface area contributed by atoms with Gasteiger partial charge in [-0.1, -0.05) is 50.1 Å². The molecule has 16 heavy (non-hydrogen) atoms. The fourth-order valence-corrected chi connectivity index (χ4v) is 1.87. The molecule has 0 amide bonds. The smallest absolute Gasteiger partial charge is 0.160 e. The number of allylic oxidation sites excluding steroid dienone is 2. The van der Waals surface area contributed by atoms with E-state index in [9.17, 15) is 13.2 Å². The quantitative estimate of drug-likeness (QED) is 0.384. The molecule has 0 aliphatic rings. The maximum Gasteiger partial charge on any atom is 0.441 e. The predicted molar refractivity (Wildman–Crippen MR) is 65.6 cm³/mol. The molecule has 0 saturated carbocycles. The van der Waals surface area contributed by atoms with Crippen LogP contribution in [0.5, 0.6) is 0 Å². The molecule has 0 nitrogen and oxygen atoms in total. The van der Waals surface area contributed by atoms with Gasteiger partial charge in [0.05, 0.1) is 0 Å². The minimum Gasteiger partial charge on any atom is -0.160 e. The summed E-state index contributed by atoms with van der Waals surface area (Å²) in [5.41, 5.74) is -4.06. The molecule has 4 heteroatoms. The van der Waals surface area contributed by atoms with Crippen LogP contribution < -0.4 is 0 Å². The highest BCUT2D eigenvalue weighted by molar-refractivity contribution is 8.00. The van der Waals surface area contributed by atoms with Gasteiger partial charge in [0.15, 0.2) is 0 Å². The van der Waals surface area contributed by atoms with E-state index >= 15 is 0 Å². The lowest BCUT2D eigenvalue weighted by atomic mass is 10.2. The molecule has 0 bridgehead atoms. The van der Waals surface area contributed by atoms with Crippen LogP contribution in [0.1, 0.15) is 51.9 Å². The second-order valence-corrected chi connectivity index (χ2v) is 4.92.